The summed E-state index contributed by atoms with van der Waals surface area (Å²) < 4.78 is 44.5. The molecular weight excluding hydrogens is 359 g/mol. The van der Waals surface area contributed by atoms with Crippen molar-refractivity contribution >= 4 is 15.7 Å². The summed E-state index contributed by atoms with van der Waals surface area (Å²) in [5.74, 6) is -0.130. The first-order chi connectivity index (χ1) is 12.5. The molecule has 1 N–H and O–H groups in total. The Labute approximate surface area is 149 Å². The van der Waals surface area contributed by atoms with Crippen LogP contribution in [0.3, 0.4) is 0 Å². The van der Waals surface area contributed by atoms with Gasteiger partial charge in [0.25, 0.3) is 10.0 Å². The summed E-state index contributed by atoms with van der Waals surface area (Å²) in [4.78, 5) is 0.00221. The fourth-order valence-corrected chi connectivity index (χ4v) is 3.82. The first-order valence-corrected chi connectivity index (χ1v) is 9.71. The third-order valence-corrected chi connectivity index (χ3v) is 5.79. The minimum atomic E-state index is -3.94. The molecular formula is C16H17FN6O2S. The Morgan fingerprint density at radius 1 is 1.31 bits per heavy atom. The van der Waals surface area contributed by atoms with Gasteiger partial charge in [-0.15, -0.1) is 5.10 Å². The van der Waals surface area contributed by atoms with Gasteiger partial charge < -0.3 is 0 Å². The van der Waals surface area contributed by atoms with E-state index >= 15 is 0 Å². The number of nitrogens with one attached hydrogen (secondary N) is 1. The predicted octanol–water partition coefficient (Wildman–Crippen LogP) is 2.20. The van der Waals surface area contributed by atoms with Gasteiger partial charge in [0.1, 0.15) is 10.7 Å². The topological polar surface area (TPSA) is 94.7 Å². The van der Waals surface area contributed by atoms with E-state index in [0.717, 1.165) is 12.8 Å². The SMILES string of the molecule is O=S(=O)(Nc1cc(-n2ccnn2)ccc1F)c1cnn(CC2CCC2)c1. The van der Waals surface area contributed by atoms with Crippen LogP contribution in [0.15, 0.2) is 47.9 Å². The molecule has 0 radical (unpaired) electrons. The second-order valence-corrected chi connectivity index (χ2v) is 7.99. The van der Waals surface area contributed by atoms with Crippen molar-refractivity contribution < 1.29 is 12.8 Å². The summed E-state index contributed by atoms with van der Waals surface area (Å²) in [6.07, 6.45) is 9.29. The summed E-state index contributed by atoms with van der Waals surface area (Å²) in [5.41, 5.74) is 0.326. The largest absolute Gasteiger partial charge is 0.276 e. The zero-order valence-electron chi connectivity index (χ0n) is 13.8. The van der Waals surface area contributed by atoms with Crippen LogP contribution in [0.4, 0.5) is 10.1 Å². The fourth-order valence-electron chi connectivity index (χ4n) is 2.81. The number of hydrogen-bond acceptors (Lipinski definition) is 5. The lowest BCUT2D eigenvalue weighted by atomic mass is 9.85. The number of halogens is 1. The lowest BCUT2D eigenvalue weighted by Gasteiger charge is -2.24. The standard InChI is InChI=1S/C16H17FN6O2S/c17-15-5-4-13(23-7-6-18-21-23)8-16(15)20-26(24,25)14-9-19-22(11-14)10-12-2-1-3-12/h4-9,11-12,20H,1-3,10H2. The number of sulfonamides is 1. The highest BCUT2D eigenvalue weighted by Crippen LogP contribution is 2.28. The van der Waals surface area contributed by atoms with Crippen molar-refractivity contribution in [1.29, 1.82) is 0 Å². The maximum atomic E-state index is 14.1. The molecule has 3 aromatic rings. The summed E-state index contributed by atoms with van der Waals surface area (Å²) in [6, 6.07) is 4.02. The molecule has 136 valence electrons. The van der Waals surface area contributed by atoms with Crippen LogP contribution in [0.5, 0.6) is 0 Å². The molecule has 0 saturated heterocycles. The van der Waals surface area contributed by atoms with E-state index in [4.69, 9.17) is 0 Å². The van der Waals surface area contributed by atoms with E-state index in [1.165, 1.54) is 47.9 Å². The van der Waals surface area contributed by atoms with Gasteiger partial charge in [-0.05, 0) is 37.0 Å². The van der Waals surface area contributed by atoms with E-state index in [1.54, 1.807) is 10.9 Å². The smallest absolute Gasteiger partial charge is 0.265 e. The molecule has 1 aromatic carbocycles. The highest BCUT2D eigenvalue weighted by molar-refractivity contribution is 7.92. The second kappa shape index (κ2) is 6.52. The second-order valence-electron chi connectivity index (χ2n) is 6.31. The molecule has 0 aliphatic heterocycles. The maximum Gasteiger partial charge on any atom is 0.265 e. The van der Waals surface area contributed by atoms with Gasteiger partial charge >= 0.3 is 0 Å². The Kier molecular flexibility index (Phi) is 4.19. The average molecular weight is 376 g/mol. The van der Waals surface area contributed by atoms with Gasteiger partial charge in [-0.2, -0.15) is 5.10 Å². The van der Waals surface area contributed by atoms with E-state index < -0.39 is 15.8 Å². The third-order valence-electron chi connectivity index (χ3n) is 4.47. The van der Waals surface area contributed by atoms with E-state index in [-0.39, 0.29) is 10.6 Å². The summed E-state index contributed by atoms with van der Waals surface area (Å²) in [6.45, 7) is 0.700. The Balaban J connectivity index is 1.56. The highest BCUT2D eigenvalue weighted by Gasteiger charge is 2.22. The third kappa shape index (κ3) is 3.32. The van der Waals surface area contributed by atoms with Crippen molar-refractivity contribution in [2.45, 2.75) is 30.7 Å². The zero-order valence-corrected chi connectivity index (χ0v) is 14.6. The lowest BCUT2D eigenvalue weighted by Crippen LogP contribution is -2.18. The van der Waals surface area contributed by atoms with Crippen LogP contribution >= 0.6 is 0 Å². The molecule has 0 atom stereocenters. The van der Waals surface area contributed by atoms with Gasteiger partial charge in [-0.1, -0.05) is 11.6 Å². The van der Waals surface area contributed by atoms with Crippen molar-refractivity contribution in [2.24, 2.45) is 5.92 Å². The van der Waals surface area contributed by atoms with Crippen molar-refractivity contribution in [3.8, 4) is 5.69 Å². The fraction of sp³-hybridized carbons (Fsp3) is 0.312. The first kappa shape index (κ1) is 16.7. The minimum absolute atomic E-state index is 0.00221. The van der Waals surface area contributed by atoms with Crippen LogP contribution in [0, 0.1) is 11.7 Å². The molecule has 8 nitrogen and oxygen atoms in total. The number of aromatic nitrogens is 5. The van der Waals surface area contributed by atoms with Crippen LogP contribution in [-0.2, 0) is 16.6 Å². The number of nitrogens with zero attached hydrogens (tertiary/aromatic N) is 5. The van der Waals surface area contributed by atoms with Crippen molar-refractivity contribution in [2.75, 3.05) is 4.72 Å². The molecule has 2 aromatic heterocycles. The highest BCUT2D eigenvalue weighted by atomic mass is 32.2. The van der Waals surface area contributed by atoms with E-state index in [2.05, 4.69) is 20.1 Å². The Morgan fingerprint density at radius 3 is 2.85 bits per heavy atom. The number of hydrogen-bond donors (Lipinski definition) is 1. The first-order valence-electron chi connectivity index (χ1n) is 8.23. The van der Waals surface area contributed by atoms with Crippen LogP contribution in [0.25, 0.3) is 5.69 Å². The molecule has 4 rings (SSSR count). The Morgan fingerprint density at radius 2 is 2.15 bits per heavy atom. The van der Waals surface area contributed by atoms with Crippen LogP contribution < -0.4 is 4.72 Å². The van der Waals surface area contributed by atoms with Crippen LogP contribution in [0.1, 0.15) is 19.3 Å². The molecule has 1 aliphatic rings. The molecule has 1 aliphatic carbocycles. The Hall–Kier alpha value is -2.75. The monoisotopic (exact) mass is 376 g/mol. The zero-order chi connectivity index (χ0) is 18.1. The summed E-state index contributed by atoms with van der Waals surface area (Å²) in [5, 5.41) is 11.6. The van der Waals surface area contributed by atoms with Gasteiger partial charge in [0, 0.05) is 12.7 Å². The van der Waals surface area contributed by atoms with Gasteiger partial charge in [0.15, 0.2) is 0 Å². The lowest BCUT2D eigenvalue weighted by molar-refractivity contribution is 0.266. The van der Waals surface area contributed by atoms with E-state index in [9.17, 15) is 12.8 Å². The number of benzene rings is 1. The molecule has 2 heterocycles. The summed E-state index contributed by atoms with van der Waals surface area (Å²) in [7, 11) is -3.94. The van der Waals surface area contributed by atoms with E-state index in [0.29, 0.717) is 18.2 Å². The van der Waals surface area contributed by atoms with Gasteiger partial charge in [-0.3, -0.25) is 9.40 Å². The van der Waals surface area contributed by atoms with Crippen molar-refractivity contribution in [1.82, 2.24) is 24.8 Å². The van der Waals surface area contributed by atoms with E-state index in [1.807, 2.05) is 0 Å². The number of anilines is 1. The molecule has 1 saturated carbocycles. The quantitative estimate of drug-likeness (QED) is 0.712. The molecule has 0 amide bonds. The summed E-state index contributed by atoms with van der Waals surface area (Å²) >= 11 is 0. The van der Waals surface area contributed by atoms with Crippen LogP contribution in [0.2, 0.25) is 0 Å². The normalized spacial score (nSPS) is 15.0. The molecule has 10 heteroatoms. The predicted molar refractivity (Wildman–Crippen MR) is 91.7 cm³/mol. The average Bonchev–Trinajstić information content (AvgIpc) is 3.25. The minimum Gasteiger partial charge on any atom is -0.276 e. The van der Waals surface area contributed by atoms with Crippen molar-refractivity contribution in [3.63, 3.8) is 0 Å². The van der Waals surface area contributed by atoms with Gasteiger partial charge in [0.05, 0.1) is 30.0 Å². The number of rotatable bonds is 6. The molecule has 1 fully saturated rings. The van der Waals surface area contributed by atoms with Crippen molar-refractivity contribution in [3.05, 3.63) is 48.8 Å². The molecule has 0 spiro atoms. The van der Waals surface area contributed by atoms with Gasteiger partial charge in [0.2, 0.25) is 0 Å². The van der Waals surface area contributed by atoms with Gasteiger partial charge in [-0.25, -0.2) is 17.5 Å². The Bertz CT molecular complexity index is 1010. The van der Waals surface area contributed by atoms with Crippen LogP contribution in [-0.4, -0.2) is 33.2 Å². The molecule has 0 unspecified atom stereocenters. The molecule has 26 heavy (non-hydrogen) atoms. The maximum absolute atomic E-state index is 14.1. The molecule has 0 bridgehead atoms.